The third kappa shape index (κ3) is 5.59. The van der Waals surface area contributed by atoms with E-state index in [9.17, 15) is 18.3 Å². The van der Waals surface area contributed by atoms with Crippen LogP contribution in [0.4, 0.5) is 0 Å². The molecular formula is C19H30N2O6S. The second-order valence-electron chi connectivity index (χ2n) is 6.88. The Balaban J connectivity index is 1.98. The minimum absolute atomic E-state index is 0.000566. The second kappa shape index (κ2) is 10.1. The van der Waals surface area contributed by atoms with E-state index in [0.717, 1.165) is 0 Å². The number of ether oxygens (including phenoxy) is 2. The third-order valence-corrected chi connectivity index (χ3v) is 6.92. The molecule has 8 nitrogen and oxygen atoms in total. The number of sulfonamides is 1. The number of amides is 1. The fraction of sp³-hybridized carbons (Fsp3) is 0.632. The van der Waals surface area contributed by atoms with Crippen LogP contribution in [0.3, 0.4) is 0 Å². The molecule has 1 amide bonds. The van der Waals surface area contributed by atoms with E-state index in [1.165, 1.54) is 18.5 Å². The molecule has 0 aliphatic carbocycles. The number of piperidine rings is 1. The van der Waals surface area contributed by atoms with Gasteiger partial charge in [0.15, 0.2) is 0 Å². The van der Waals surface area contributed by atoms with Gasteiger partial charge in [0.1, 0.15) is 11.5 Å². The quantitative estimate of drug-likeness (QED) is 0.631. The summed E-state index contributed by atoms with van der Waals surface area (Å²) in [6.07, 6.45) is 0.845. The Morgan fingerprint density at radius 1 is 1.36 bits per heavy atom. The van der Waals surface area contributed by atoms with E-state index >= 15 is 0 Å². The van der Waals surface area contributed by atoms with Crippen LogP contribution in [-0.4, -0.2) is 63.3 Å². The number of nitrogens with zero attached hydrogens (tertiary/aromatic N) is 1. The molecule has 158 valence electrons. The highest BCUT2D eigenvalue weighted by Gasteiger charge is 2.32. The van der Waals surface area contributed by atoms with Crippen molar-refractivity contribution in [3.63, 3.8) is 0 Å². The molecule has 0 radical (unpaired) electrons. The maximum absolute atomic E-state index is 12.5. The fourth-order valence-electron chi connectivity index (χ4n) is 3.35. The molecule has 0 bridgehead atoms. The molecule has 2 unspecified atom stereocenters. The highest BCUT2D eigenvalue weighted by molar-refractivity contribution is 7.89. The Hall–Kier alpha value is -1.84. The standard InChI is InChI=1S/C19H30N2O6S/c1-4-10-28(24,25)21-9-5-6-14(13-21)19(23)20-12-17(22)16-11-15(26-2)7-8-18(16)27-3/h7-8,11,14,17,22H,4-6,9-10,12-13H2,1-3H3,(H,20,23). The molecular weight excluding hydrogens is 384 g/mol. The first-order valence-corrected chi connectivity index (χ1v) is 11.1. The maximum atomic E-state index is 12.5. The van der Waals surface area contributed by atoms with Crippen molar-refractivity contribution in [1.29, 1.82) is 0 Å². The maximum Gasteiger partial charge on any atom is 0.224 e. The van der Waals surface area contributed by atoms with E-state index in [4.69, 9.17) is 9.47 Å². The van der Waals surface area contributed by atoms with Crippen LogP contribution in [0, 0.1) is 5.92 Å². The summed E-state index contributed by atoms with van der Waals surface area (Å²) in [5, 5.41) is 13.2. The Labute approximate surface area is 166 Å². The Morgan fingerprint density at radius 3 is 2.75 bits per heavy atom. The SMILES string of the molecule is CCCS(=O)(=O)N1CCCC(C(=O)NCC(O)c2cc(OC)ccc2OC)C1. The van der Waals surface area contributed by atoms with E-state index < -0.39 is 22.0 Å². The molecule has 1 saturated heterocycles. The molecule has 1 fully saturated rings. The summed E-state index contributed by atoms with van der Waals surface area (Å²) in [6, 6.07) is 5.08. The van der Waals surface area contributed by atoms with Crippen LogP contribution in [0.25, 0.3) is 0 Å². The number of rotatable bonds is 9. The van der Waals surface area contributed by atoms with Gasteiger partial charge in [-0.1, -0.05) is 6.92 Å². The number of hydrogen-bond donors (Lipinski definition) is 2. The summed E-state index contributed by atoms with van der Waals surface area (Å²) in [7, 11) is -0.284. The number of carbonyl (C=O) groups excluding carboxylic acids is 1. The lowest BCUT2D eigenvalue weighted by atomic mass is 9.98. The van der Waals surface area contributed by atoms with Gasteiger partial charge < -0.3 is 19.9 Å². The number of methoxy groups -OCH3 is 2. The van der Waals surface area contributed by atoms with Gasteiger partial charge in [0.05, 0.1) is 32.0 Å². The lowest BCUT2D eigenvalue weighted by Crippen LogP contribution is -2.46. The zero-order valence-electron chi connectivity index (χ0n) is 16.7. The number of carbonyl (C=O) groups is 1. The largest absolute Gasteiger partial charge is 0.497 e. The zero-order chi connectivity index (χ0) is 20.7. The van der Waals surface area contributed by atoms with Crippen LogP contribution in [0.5, 0.6) is 11.5 Å². The number of aliphatic hydroxyl groups is 1. The van der Waals surface area contributed by atoms with Crippen LogP contribution < -0.4 is 14.8 Å². The van der Waals surface area contributed by atoms with Crippen LogP contribution in [0.1, 0.15) is 37.9 Å². The molecule has 1 aromatic carbocycles. The number of benzene rings is 1. The van der Waals surface area contributed by atoms with Crippen molar-refractivity contribution in [2.24, 2.45) is 5.92 Å². The number of nitrogens with one attached hydrogen (secondary N) is 1. The van der Waals surface area contributed by atoms with E-state index in [-0.39, 0.29) is 24.7 Å². The van der Waals surface area contributed by atoms with Crippen LogP contribution >= 0.6 is 0 Å². The summed E-state index contributed by atoms with van der Waals surface area (Å²) in [4.78, 5) is 12.5. The average molecular weight is 415 g/mol. The van der Waals surface area contributed by atoms with Gasteiger partial charge in [0, 0.05) is 25.2 Å². The Morgan fingerprint density at radius 2 is 2.11 bits per heavy atom. The van der Waals surface area contributed by atoms with Gasteiger partial charge in [-0.25, -0.2) is 12.7 Å². The third-order valence-electron chi connectivity index (χ3n) is 4.88. The van der Waals surface area contributed by atoms with Gasteiger partial charge in [-0.15, -0.1) is 0 Å². The highest BCUT2D eigenvalue weighted by atomic mass is 32.2. The molecule has 1 heterocycles. The van der Waals surface area contributed by atoms with Crippen molar-refractivity contribution in [3.05, 3.63) is 23.8 Å². The first kappa shape index (κ1) is 22.4. The molecule has 2 rings (SSSR count). The number of aliphatic hydroxyl groups excluding tert-OH is 1. The van der Waals surface area contributed by atoms with Gasteiger partial charge in [0.2, 0.25) is 15.9 Å². The molecule has 28 heavy (non-hydrogen) atoms. The van der Waals surface area contributed by atoms with Gasteiger partial charge >= 0.3 is 0 Å². The molecule has 0 aromatic heterocycles. The fourth-order valence-corrected chi connectivity index (χ4v) is 4.94. The van der Waals surface area contributed by atoms with Gasteiger partial charge in [-0.05, 0) is 37.5 Å². The van der Waals surface area contributed by atoms with E-state index in [1.807, 2.05) is 6.92 Å². The van der Waals surface area contributed by atoms with E-state index in [1.54, 1.807) is 18.2 Å². The summed E-state index contributed by atoms with van der Waals surface area (Å²) in [5.41, 5.74) is 0.512. The minimum atomic E-state index is -3.32. The van der Waals surface area contributed by atoms with Crippen molar-refractivity contribution in [1.82, 2.24) is 9.62 Å². The predicted octanol–water partition coefficient (Wildman–Crippen LogP) is 1.31. The van der Waals surface area contributed by atoms with Crippen molar-refractivity contribution in [2.75, 3.05) is 39.6 Å². The summed E-state index contributed by atoms with van der Waals surface area (Å²) >= 11 is 0. The highest BCUT2D eigenvalue weighted by Crippen LogP contribution is 2.29. The monoisotopic (exact) mass is 414 g/mol. The summed E-state index contributed by atoms with van der Waals surface area (Å²) in [5.74, 6) is 0.495. The molecule has 1 aliphatic heterocycles. The molecule has 1 aromatic rings. The molecule has 2 atom stereocenters. The Bertz CT molecular complexity index is 768. The summed E-state index contributed by atoms with van der Waals surface area (Å²) < 4.78 is 36.4. The van der Waals surface area contributed by atoms with Gasteiger partial charge in [-0.2, -0.15) is 0 Å². The molecule has 9 heteroatoms. The van der Waals surface area contributed by atoms with Crippen molar-refractivity contribution < 1.29 is 27.8 Å². The predicted molar refractivity (Wildman–Crippen MR) is 106 cm³/mol. The van der Waals surface area contributed by atoms with Crippen LogP contribution in [-0.2, 0) is 14.8 Å². The van der Waals surface area contributed by atoms with Crippen molar-refractivity contribution in [2.45, 2.75) is 32.3 Å². The first-order chi connectivity index (χ1) is 13.3. The first-order valence-electron chi connectivity index (χ1n) is 9.47. The number of hydrogen-bond acceptors (Lipinski definition) is 6. The summed E-state index contributed by atoms with van der Waals surface area (Å²) in [6.45, 7) is 2.46. The topological polar surface area (TPSA) is 105 Å². The zero-order valence-corrected chi connectivity index (χ0v) is 17.5. The second-order valence-corrected chi connectivity index (χ2v) is 8.97. The molecule has 1 aliphatic rings. The Kier molecular flexibility index (Phi) is 8.09. The van der Waals surface area contributed by atoms with Gasteiger partial charge in [0.25, 0.3) is 0 Å². The lowest BCUT2D eigenvalue weighted by molar-refractivity contribution is -0.126. The minimum Gasteiger partial charge on any atom is -0.497 e. The van der Waals surface area contributed by atoms with Crippen LogP contribution in [0.15, 0.2) is 18.2 Å². The van der Waals surface area contributed by atoms with Crippen molar-refractivity contribution >= 4 is 15.9 Å². The van der Waals surface area contributed by atoms with Gasteiger partial charge in [-0.3, -0.25) is 4.79 Å². The van der Waals surface area contributed by atoms with E-state index in [2.05, 4.69) is 5.32 Å². The normalized spacial score (nSPS) is 19.1. The van der Waals surface area contributed by atoms with Crippen LogP contribution in [0.2, 0.25) is 0 Å². The average Bonchev–Trinajstić information content (AvgIpc) is 2.71. The van der Waals surface area contributed by atoms with E-state index in [0.29, 0.717) is 42.9 Å². The molecule has 2 N–H and O–H groups in total. The smallest absolute Gasteiger partial charge is 0.224 e. The van der Waals surface area contributed by atoms with Crippen molar-refractivity contribution in [3.8, 4) is 11.5 Å². The molecule has 0 spiro atoms. The lowest BCUT2D eigenvalue weighted by Gasteiger charge is -2.31. The molecule has 0 saturated carbocycles.